The topological polar surface area (TPSA) is 63.6 Å². The molecule has 0 rings (SSSR count). The number of carboxylic acids is 1. The third-order valence-electron chi connectivity index (χ3n) is 1.87. The van der Waals surface area contributed by atoms with Gasteiger partial charge in [0.25, 0.3) is 0 Å². The highest BCUT2D eigenvalue weighted by atomic mass is 16.5. The van der Waals surface area contributed by atoms with Crippen molar-refractivity contribution in [2.45, 2.75) is 45.6 Å². The van der Waals surface area contributed by atoms with Gasteiger partial charge in [0.05, 0.1) is 0 Å². The molecule has 4 nitrogen and oxygen atoms in total. The minimum Gasteiger partial charge on any atom is -0.478 e. The molecule has 0 aromatic rings. The number of hydrogen-bond acceptors (Lipinski definition) is 3. The average molecular weight is 214 g/mol. The highest BCUT2D eigenvalue weighted by Gasteiger charge is 2.10. The number of carbonyl (C=O) groups is 2. The van der Waals surface area contributed by atoms with Crippen LogP contribution in [0.1, 0.15) is 39.5 Å². The third kappa shape index (κ3) is 7.73. The fourth-order valence-electron chi connectivity index (χ4n) is 1.25. The molecule has 0 bridgehead atoms. The predicted octanol–water partition coefficient (Wildman–Crippen LogP) is 2.14. The van der Waals surface area contributed by atoms with E-state index in [9.17, 15) is 9.59 Å². The van der Waals surface area contributed by atoms with Gasteiger partial charge in [-0.3, -0.25) is 0 Å². The molecule has 86 valence electrons. The van der Waals surface area contributed by atoms with Crippen molar-refractivity contribution in [1.29, 1.82) is 0 Å². The van der Waals surface area contributed by atoms with Gasteiger partial charge in [-0.2, -0.15) is 0 Å². The summed E-state index contributed by atoms with van der Waals surface area (Å²) in [6.07, 6.45) is 5.17. The number of hydrogen-bond donors (Lipinski definition) is 1. The van der Waals surface area contributed by atoms with Gasteiger partial charge in [-0.25, -0.2) is 9.59 Å². The molecule has 0 aromatic carbocycles. The maximum absolute atomic E-state index is 11.1. The van der Waals surface area contributed by atoms with Gasteiger partial charge in [0.15, 0.2) is 0 Å². The van der Waals surface area contributed by atoms with Crippen LogP contribution in [0.4, 0.5) is 0 Å². The van der Waals surface area contributed by atoms with E-state index in [0.717, 1.165) is 37.8 Å². The van der Waals surface area contributed by atoms with Crippen LogP contribution < -0.4 is 0 Å². The molecule has 4 heteroatoms. The Labute approximate surface area is 89.9 Å². The standard InChI is InChI=1S/C11H18O4/c1-3-5-9(6-4-2)15-11(14)8-7-10(12)13/h7-9H,3-6H2,1-2H3,(H,12,13)/b8-7-. The SMILES string of the molecule is CCCC(CCC)OC(=O)/C=C\C(=O)O. The van der Waals surface area contributed by atoms with Gasteiger partial charge < -0.3 is 9.84 Å². The molecule has 0 amide bonds. The molecule has 0 heterocycles. The lowest BCUT2D eigenvalue weighted by Crippen LogP contribution is -2.16. The van der Waals surface area contributed by atoms with Crippen LogP contribution in [-0.2, 0) is 14.3 Å². The maximum Gasteiger partial charge on any atom is 0.331 e. The summed E-state index contributed by atoms with van der Waals surface area (Å²) in [5.41, 5.74) is 0. The predicted molar refractivity (Wildman–Crippen MR) is 56.5 cm³/mol. The van der Waals surface area contributed by atoms with Crippen LogP contribution in [-0.4, -0.2) is 23.1 Å². The Morgan fingerprint density at radius 3 is 2.13 bits per heavy atom. The van der Waals surface area contributed by atoms with Crippen LogP contribution in [0.3, 0.4) is 0 Å². The summed E-state index contributed by atoms with van der Waals surface area (Å²) in [7, 11) is 0. The fraction of sp³-hybridized carbons (Fsp3) is 0.636. The second-order valence-electron chi connectivity index (χ2n) is 3.31. The van der Waals surface area contributed by atoms with Crippen molar-refractivity contribution in [2.24, 2.45) is 0 Å². The smallest absolute Gasteiger partial charge is 0.331 e. The maximum atomic E-state index is 11.1. The lowest BCUT2D eigenvalue weighted by molar-refractivity contribution is -0.144. The molecule has 0 aliphatic rings. The molecule has 0 radical (unpaired) electrons. The fourth-order valence-corrected chi connectivity index (χ4v) is 1.25. The molecule has 0 spiro atoms. The number of esters is 1. The van der Waals surface area contributed by atoms with E-state index in [4.69, 9.17) is 9.84 Å². The third-order valence-corrected chi connectivity index (χ3v) is 1.87. The van der Waals surface area contributed by atoms with E-state index in [-0.39, 0.29) is 6.10 Å². The number of carboxylic acid groups (broad SMARTS) is 1. The Bertz CT molecular complexity index is 227. The lowest BCUT2D eigenvalue weighted by atomic mass is 10.1. The Kier molecular flexibility index (Phi) is 7.32. The summed E-state index contributed by atoms with van der Waals surface area (Å²) in [4.78, 5) is 21.3. The van der Waals surface area contributed by atoms with Crippen molar-refractivity contribution >= 4 is 11.9 Å². The summed E-state index contributed by atoms with van der Waals surface area (Å²) in [6, 6.07) is 0. The zero-order valence-electron chi connectivity index (χ0n) is 9.23. The number of carbonyl (C=O) groups excluding carboxylic acids is 1. The average Bonchev–Trinajstić information content (AvgIpc) is 2.15. The summed E-state index contributed by atoms with van der Waals surface area (Å²) in [5, 5.41) is 8.31. The first-order valence-electron chi connectivity index (χ1n) is 5.21. The Morgan fingerprint density at radius 2 is 1.73 bits per heavy atom. The highest BCUT2D eigenvalue weighted by molar-refractivity contribution is 5.90. The molecule has 1 N–H and O–H groups in total. The Hall–Kier alpha value is -1.32. The van der Waals surface area contributed by atoms with Crippen LogP contribution in [0.15, 0.2) is 12.2 Å². The van der Waals surface area contributed by atoms with Crippen LogP contribution in [0.5, 0.6) is 0 Å². The molecular weight excluding hydrogens is 196 g/mol. The van der Waals surface area contributed by atoms with E-state index in [1.807, 2.05) is 13.8 Å². The van der Waals surface area contributed by atoms with E-state index in [1.165, 1.54) is 0 Å². The Balaban J connectivity index is 4.04. The van der Waals surface area contributed by atoms with E-state index in [1.54, 1.807) is 0 Å². The van der Waals surface area contributed by atoms with Crippen molar-refractivity contribution in [2.75, 3.05) is 0 Å². The molecule has 0 aliphatic heterocycles. The van der Waals surface area contributed by atoms with E-state index in [2.05, 4.69) is 0 Å². The van der Waals surface area contributed by atoms with E-state index >= 15 is 0 Å². The van der Waals surface area contributed by atoms with Crippen LogP contribution >= 0.6 is 0 Å². The van der Waals surface area contributed by atoms with Gasteiger partial charge in [-0.1, -0.05) is 26.7 Å². The first-order chi connectivity index (χ1) is 7.10. The number of aliphatic carboxylic acids is 1. The second-order valence-corrected chi connectivity index (χ2v) is 3.31. The van der Waals surface area contributed by atoms with Crippen molar-refractivity contribution in [3.8, 4) is 0 Å². The van der Waals surface area contributed by atoms with Gasteiger partial charge >= 0.3 is 11.9 Å². The van der Waals surface area contributed by atoms with Crippen molar-refractivity contribution < 1.29 is 19.4 Å². The number of ether oxygens (including phenoxy) is 1. The van der Waals surface area contributed by atoms with Crippen molar-refractivity contribution in [1.82, 2.24) is 0 Å². The molecule has 0 unspecified atom stereocenters. The quantitative estimate of drug-likeness (QED) is 0.521. The highest BCUT2D eigenvalue weighted by Crippen LogP contribution is 2.09. The van der Waals surface area contributed by atoms with Gasteiger partial charge in [-0.05, 0) is 12.8 Å². The normalized spacial score (nSPS) is 10.9. The zero-order chi connectivity index (χ0) is 11.7. The lowest BCUT2D eigenvalue weighted by Gasteiger charge is -2.14. The first-order valence-corrected chi connectivity index (χ1v) is 5.21. The van der Waals surface area contributed by atoms with Crippen LogP contribution in [0.2, 0.25) is 0 Å². The minimum absolute atomic E-state index is 0.0917. The first kappa shape index (κ1) is 13.7. The minimum atomic E-state index is -1.14. The Morgan fingerprint density at radius 1 is 1.20 bits per heavy atom. The monoisotopic (exact) mass is 214 g/mol. The summed E-state index contributed by atoms with van der Waals surface area (Å²) in [6.45, 7) is 4.03. The summed E-state index contributed by atoms with van der Waals surface area (Å²) < 4.78 is 5.09. The van der Waals surface area contributed by atoms with Gasteiger partial charge in [-0.15, -0.1) is 0 Å². The molecule has 0 saturated heterocycles. The molecule has 0 atom stereocenters. The van der Waals surface area contributed by atoms with E-state index < -0.39 is 11.9 Å². The zero-order valence-corrected chi connectivity index (χ0v) is 9.23. The van der Waals surface area contributed by atoms with Crippen LogP contribution in [0.25, 0.3) is 0 Å². The van der Waals surface area contributed by atoms with Gasteiger partial charge in [0, 0.05) is 12.2 Å². The molecule has 0 aliphatic carbocycles. The van der Waals surface area contributed by atoms with Crippen molar-refractivity contribution in [3.63, 3.8) is 0 Å². The summed E-state index contributed by atoms with van der Waals surface area (Å²) >= 11 is 0. The second kappa shape index (κ2) is 8.03. The van der Waals surface area contributed by atoms with Gasteiger partial charge in [0.1, 0.15) is 6.10 Å². The van der Waals surface area contributed by atoms with E-state index in [0.29, 0.717) is 0 Å². The van der Waals surface area contributed by atoms with Crippen molar-refractivity contribution in [3.05, 3.63) is 12.2 Å². The summed E-state index contributed by atoms with van der Waals surface area (Å²) in [5.74, 6) is -1.72. The van der Waals surface area contributed by atoms with Crippen LogP contribution in [0, 0.1) is 0 Å². The van der Waals surface area contributed by atoms with Gasteiger partial charge in [0.2, 0.25) is 0 Å². The largest absolute Gasteiger partial charge is 0.478 e. The molecule has 0 aromatic heterocycles. The number of rotatable bonds is 7. The molecule has 0 fully saturated rings. The molecule has 15 heavy (non-hydrogen) atoms. The molecular formula is C11H18O4. The molecule has 0 saturated carbocycles.